The second-order valence-corrected chi connectivity index (χ2v) is 17.0. The van der Waals surface area contributed by atoms with Crippen molar-refractivity contribution in [3.63, 3.8) is 0 Å². The van der Waals surface area contributed by atoms with Gasteiger partial charge in [0.25, 0.3) is 5.56 Å². The third-order valence-electron chi connectivity index (χ3n) is 8.26. The topological polar surface area (TPSA) is 222 Å². The van der Waals surface area contributed by atoms with Crippen molar-refractivity contribution in [2.24, 2.45) is 11.8 Å². The van der Waals surface area contributed by atoms with Crippen LogP contribution in [0.4, 0.5) is 5.82 Å². The number of aromatic amines is 1. The highest BCUT2D eigenvalue weighted by molar-refractivity contribution is 8.48. The summed E-state index contributed by atoms with van der Waals surface area (Å²) in [5.41, 5.74) is 9.22. The number of H-pyrrole nitrogens is 1. The van der Waals surface area contributed by atoms with Crippen molar-refractivity contribution in [1.82, 2.24) is 48.7 Å². The Hall–Kier alpha value is -3.27. The first kappa shape index (κ1) is 31.3. The van der Waals surface area contributed by atoms with E-state index in [1.807, 2.05) is 0 Å². The quantitative estimate of drug-likeness (QED) is 0.0881. The molecule has 0 spiro atoms. The minimum Gasteiger partial charge on any atom is -0.382 e. The lowest BCUT2D eigenvalue weighted by atomic mass is 9.70. The third kappa shape index (κ3) is 5.86. The summed E-state index contributed by atoms with van der Waals surface area (Å²) < 4.78 is 53.3. The van der Waals surface area contributed by atoms with Gasteiger partial charge in [-0.25, -0.2) is 28.9 Å². The summed E-state index contributed by atoms with van der Waals surface area (Å²) in [5.74, 6) is -0.0363. The standard InChI is InChI=1S/C24H27N11O7P2S2/c1-2-43(37,45)39-6-13-5-16(33-10-29-19-22(33)31-24-32-30-12-35(24)23(19)36)15(13)8-41-44(38,46)40-7-14-3-4-17(42-14)34-11-28-18-20(25)26-9-27-21(18)34/h1,9-17H,3-8H2,(H,31,32)(H,37,45)(H,38,46)(H2,25,26,27)/t13-,14+,15-,16-,17-,43+,44?/m1/s1. The van der Waals surface area contributed by atoms with Crippen LogP contribution in [0.3, 0.4) is 0 Å². The molecular formula is C24H27N11O7P2S2. The van der Waals surface area contributed by atoms with E-state index >= 15 is 0 Å². The van der Waals surface area contributed by atoms with Gasteiger partial charge in [0.15, 0.2) is 17.0 Å². The van der Waals surface area contributed by atoms with Crippen LogP contribution in [0, 0.1) is 23.9 Å². The lowest BCUT2D eigenvalue weighted by Crippen LogP contribution is -2.43. The lowest BCUT2D eigenvalue weighted by Gasteiger charge is -2.45. The van der Waals surface area contributed by atoms with E-state index in [0.29, 0.717) is 36.1 Å². The predicted octanol–water partition coefficient (Wildman–Crippen LogP) is 2.85. The van der Waals surface area contributed by atoms with Crippen molar-refractivity contribution in [2.45, 2.75) is 37.6 Å². The van der Waals surface area contributed by atoms with Gasteiger partial charge < -0.3 is 29.1 Å². The zero-order valence-corrected chi connectivity index (χ0v) is 27.3. The summed E-state index contributed by atoms with van der Waals surface area (Å²) >= 11 is 8.13. The fraction of sp³-hybridized carbons (Fsp3) is 0.458. The normalized spacial score (nSPS) is 25.8. The molecule has 7 rings (SSSR count). The molecule has 1 aliphatic carbocycles. The maximum absolute atomic E-state index is 13.3. The van der Waals surface area contributed by atoms with Crippen LogP contribution in [0.25, 0.3) is 28.1 Å². The Morgan fingerprint density at radius 2 is 1.83 bits per heavy atom. The van der Waals surface area contributed by atoms with Gasteiger partial charge in [0.1, 0.15) is 30.0 Å². The minimum atomic E-state index is -3.86. The van der Waals surface area contributed by atoms with E-state index in [1.54, 1.807) is 15.5 Å². The molecular weight excluding hydrogens is 680 g/mol. The Kier molecular flexibility index (Phi) is 8.22. The summed E-state index contributed by atoms with van der Waals surface area (Å²) in [4.78, 5) is 32.7. The van der Waals surface area contributed by atoms with Crippen molar-refractivity contribution >= 4 is 71.8 Å². The van der Waals surface area contributed by atoms with E-state index in [0.717, 1.165) is 0 Å². The molecule has 2 fully saturated rings. The molecule has 3 N–H and O–H groups in total. The molecule has 1 unspecified atom stereocenters. The SMILES string of the molecule is C#C[P@@](=O)(S)OC[C@H]1C[C@@H](n2cnc3c(=O)n4cnnc4[nH]c32)[C@@H]1COP(=O)(S)OC[C@@H]1CC[C@H](n2cnc3c(N)ncnc32)O1. The van der Waals surface area contributed by atoms with Gasteiger partial charge >= 0.3 is 13.4 Å². The number of terminal acetylenes is 1. The number of hydrogen-bond donors (Lipinski definition) is 4. The fourth-order valence-corrected chi connectivity index (χ4v) is 7.70. The molecule has 0 aromatic carbocycles. The molecule has 6 heterocycles. The smallest absolute Gasteiger partial charge is 0.382 e. The second-order valence-electron chi connectivity index (χ2n) is 10.9. The van der Waals surface area contributed by atoms with Crippen molar-refractivity contribution in [2.75, 3.05) is 25.6 Å². The monoisotopic (exact) mass is 707 g/mol. The van der Waals surface area contributed by atoms with E-state index in [1.165, 1.54) is 23.4 Å². The highest BCUT2D eigenvalue weighted by Gasteiger charge is 2.45. The Bertz CT molecular complexity index is 2140. The van der Waals surface area contributed by atoms with Gasteiger partial charge in [-0.05, 0) is 30.8 Å². The van der Waals surface area contributed by atoms with Crippen molar-refractivity contribution in [3.8, 4) is 12.1 Å². The van der Waals surface area contributed by atoms with Gasteiger partial charge in [0, 0.05) is 12.0 Å². The molecule has 5 aromatic heterocycles. The van der Waals surface area contributed by atoms with E-state index in [-0.39, 0.29) is 72.7 Å². The molecule has 0 bridgehead atoms. The Morgan fingerprint density at radius 3 is 2.65 bits per heavy atom. The summed E-state index contributed by atoms with van der Waals surface area (Å²) in [6.07, 6.45) is 12.1. The molecule has 1 saturated heterocycles. The number of nitrogens with zero attached hydrogens (tertiary/aromatic N) is 9. The van der Waals surface area contributed by atoms with Crippen molar-refractivity contribution in [3.05, 3.63) is 35.7 Å². The first-order valence-corrected chi connectivity index (χ1v) is 19.4. The van der Waals surface area contributed by atoms with Crippen LogP contribution in [-0.2, 0) is 27.4 Å². The van der Waals surface area contributed by atoms with Gasteiger partial charge in [0.2, 0.25) is 5.78 Å². The van der Waals surface area contributed by atoms with E-state index in [2.05, 4.69) is 65.3 Å². The summed E-state index contributed by atoms with van der Waals surface area (Å²) in [7, 11) is 0. The average Bonchev–Trinajstić information content (AvgIpc) is 3.82. The van der Waals surface area contributed by atoms with E-state index in [9.17, 15) is 13.9 Å². The molecule has 0 amide bonds. The Labute approximate surface area is 270 Å². The maximum Gasteiger partial charge on any atom is 0.386 e. The molecule has 7 atom stereocenters. The van der Waals surface area contributed by atoms with Crippen molar-refractivity contribution in [1.29, 1.82) is 0 Å². The number of hydrogen-bond acceptors (Lipinski definition) is 14. The number of ether oxygens (including phenoxy) is 1. The van der Waals surface area contributed by atoms with Crippen molar-refractivity contribution < 1.29 is 27.4 Å². The number of anilines is 1. The summed E-state index contributed by atoms with van der Waals surface area (Å²) in [6, 6.07) is -0.278. The van der Waals surface area contributed by atoms with Crippen LogP contribution < -0.4 is 11.3 Å². The second kappa shape index (κ2) is 12.1. The molecule has 22 heteroatoms. The number of imidazole rings is 2. The number of aromatic nitrogens is 10. The number of nitrogens with two attached hydrogens (primary N) is 1. The number of fused-ring (bicyclic) bond motifs is 3. The molecule has 5 aromatic rings. The largest absolute Gasteiger partial charge is 0.386 e. The van der Waals surface area contributed by atoms with Crippen LogP contribution in [-0.4, -0.2) is 74.6 Å². The van der Waals surface area contributed by atoms with Gasteiger partial charge in [-0.15, -0.1) is 16.6 Å². The zero-order valence-electron chi connectivity index (χ0n) is 23.8. The summed E-state index contributed by atoms with van der Waals surface area (Å²) in [6.45, 7) is -7.47. The number of nitrogen functional groups attached to an aromatic ring is 1. The first-order chi connectivity index (χ1) is 22.0. The highest BCUT2D eigenvalue weighted by atomic mass is 32.7. The molecule has 18 nitrogen and oxygen atoms in total. The predicted molar refractivity (Wildman–Crippen MR) is 170 cm³/mol. The molecule has 1 aliphatic heterocycles. The van der Waals surface area contributed by atoms with Gasteiger partial charge in [0.05, 0.1) is 38.6 Å². The van der Waals surface area contributed by atoms with Gasteiger partial charge in [-0.1, -0.05) is 24.5 Å². The minimum absolute atomic E-state index is 0.0155. The van der Waals surface area contributed by atoms with E-state index < -0.39 is 13.4 Å². The first-order valence-electron chi connectivity index (χ1n) is 14.0. The molecule has 242 valence electrons. The third-order valence-corrected chi connectivity index (χ3v) is 11.4. The van der Waals surface area contributed by atoms with Crippen LogP contribution in [0.2, 0.25) is 0 Å². The zero-order chi connectivity index (χ0) is 32.2. The van der Waals surface area contributed by atoms with Crippen LogP contribution in [0.15, 0.2) is 30.1 Å². The van der Waals surface area contributed by atoms with Crippen LogP contribution in [0.5, 0.6) is 0 Å². The molecule has 2 aliphatic rings. The molecule has 1 saturated carbocycles. The average molecular weight is 708 g/mol. The number of rotatable bonds is 11. The maximum atomic E-state index is 13.3. The Morgan fingerprint density at radius 1 is 1.04 bits per heavy atom. The van der Waals surface area contributed by atoms with Gasteiger partial charge in [-0.3, -0.25) is 18.5 Å². The lowest BCUT2D eigenvalue weighted by molar-refractivity contribution is -0.0216. The number of thiol groups is 2. The fourth-order valence-electron chi connectivity index (χ4n) is 5.84. The van der Waals surface area contributed by atoms with Gasteiger partial charge in [-0.2, -0.15) is 0 Å². The highest BCUT2D eigenvalue weighted by Crippen LogP contribution is 2.57. The Balaban J connectivity index is 1.02. The number of nitrogens with one attached hydrogen (secondary N) is 1. The van der Waals surface area contributed by atoms with Crippen LogP contribution >= 0.6 is 37.9 Å². The van der Waals surface area contributed by atoms with E-state index in [4.69, 9.17) is 30.5 Å². The molecule has 46 heavy (non-hydrogen) atoms. The molecule has 0 radical (unpaired) electrons. The van der Waals surface area contributed by atoms with Crippen LogP contribution in [0.1, 0.15) is 31.5 Å². The summed E-state index contributed by atoms with van der Waals surface area (Å²) in [5, 5.41) is 7.71.